The van der Waals surface area contributed by atoms with Crippen molar-refractivity contribution in [3.63, 3.8) is 0 Å². The number of hydrogen-bond donors (Lipinski definition) is 0. The summed E-state index contributed by atoms with van der Waals surface area (Å²) in [6.45, 7) is 5.50. The highest BCUT2D eigenvalue weighted by Crippen LogP contribution is 2.27. The van der Waals surface area contributed by atoms with E-state index in [0.717, 1.165) is 37.4 Å². The zero-order valence-corrected chi connectivity index (χ0v) is 13.7. The molecule has 1 aliphatic heterocycles. The monoisotopic (exact) mass is 321 g/mol. The molecule has 0 saturated carbocycles. The summed E-state index contributed by atoms with van der Waals surface area (Å²) in [7, 11) is 2.07. The number of likely N-dealkylation sites (N-methyl/N-ethyl adjacent to an activating group) is 1. The van der Waals surface area contributed by atoms with Gasteiger partial charge in [0, 0.05) is 49.6 Å². The van der Waals surface area contributed by atoms with E-state index in [1.807, 2.05) is 10.0 Å². The maximum Gasteiger partial charge on any atom is 0.189 e. The normalized spacial score (nSPS) is 16.4. The second-order valence-corrected chi connectivity index (χ2v) is 6.76. The second-order valence-electron chi connectivity index (χ2n) is 5.53. The van der Waals surface area contributed by atoms with Gasteiger partial charge >= 0.3 is 0 Å². The maximum atomic E-state index is 14.5. The van der Waals surface area contributed by atoms with Crippen LogP contribution < -0.4 is 10.3 Å². The molecule has 22 heavy (non-hydrogen) atoms. The lowest BCUT2D eigenvalue weighted by molar-refractivity contribution is 0.312. The number of benzene rings is 1. The molecule has 1 fully saturated rings. The summed E-state index contributed by atoms with van der Waals surface area (Å²) in [5.41, 5.74) is 1.25. The third-order valence-corrected chi connectivity index (χ3v) is 4.90. The summed E-state index contributed by atoms with van der Waals surface area (Å²) in [4.78, 5) is 16.3. The van der Waals surface area contributed by atoms with Gasteiger partial charge in [-0.25, -0.2) is 4.39 Å². The van der Waals surface area contributed by atoms with Crippen molar-refractivity contribution in [1.82, 2.24) is 8.87 Å². The van der Waals surface area contributed by atoms with Crippen LogP contribution in [-0.4, -0.2) is 47.9 Å². The van der Waals surface area contributed by atoms with Gasteiger partial charge in [0.2, 0.25) is 0 Å². The second kappa shape index (κ2) is 6.30. The maximum absolute atomic E-state index is 14.5. The van der Waals surface area contributed by atoms with Crippen LogP contribution in [0.5, 0.6) is 0 Å². The lowest BCUT2D eigenvalue weighted by Gasteiger charge is -2.34. The quantitative estimate of drug-likeness (QED) is 0.868. The van der Waals surface area contributed by atoms with Crippen molar-refractivity contribution in [2.75, 3.05) is 43.9 Å². The molecule has 0 atom stereocenters. The molecule has 1 saturated heterocycles. The van der Waals surface area contributed by atoms with Gasteiger partial charge in [0.25, 0.3) is 0 Å². The van der Waals surface area contributed by atoms with Crippen molar-refractivity contribution in [3.05, 3.63) is 40.4 Å². The Morgan fingerprint density at radius 3 is 2.64 bits per heavy atom. The molecule has 0 bridgehead atoms. The number of hydrogen-bond acceptors (Lipinski definition) is 4. The first-order chi connectivity index (χ1) is 10.6. The van der Waals surface area contributed by atoms with Crippen LogP contribution in [0, 0.1) is 5.82 Å². The largest absolute Gasteiger partial charge is 0.367 e. The Bertz CT molecular complexity index is 738. The van der Waals surface area contributed by atoms with Gasteiger partial charge in [0.15, 0.2) is 5.43 Å². The van der Waals surface area contributed by atoms with Crippen LogP contribution in [-0.2, 0) is 0 Å². The summed E-state index contributed by atoms with van der Waals surface area (Å²) in [5.74, 6) is 0.576. The zero-order chi connectivity index (χ0) is 15.7. The van der Waals surface area contributed by atoms with Crippen LogP contribution in [0.3, 0.4) is 0 Å². The number of anilines is 1. The van der Waals surface area contributed by atoms with E-state index in [1.165, 1.54) is 12.1 Å². The number of rotatable bonds is 3. The predicted octanol–water partition coefficient (Wildman–Crippen LogP) is 2.41. The van der Waals surface area contributed by atoms with E-state index in [2.05, 4.69) is 23.8 Å². The minimum atomic E-state index is -0.312. The third-order valence-electron chi connectivity index (χ3n) is 4.04. The molecule has 3 rings (SSSR count). The Balaban J connectivity index is 2.09. The zero-order valence-electron chi connectivity index (χ0n) is 12.9. The number of fused-ring (bicyclic) bond motifs is 1. The number of aromatic nitrogens is 1. The fraction of sp³-hybridized carbons (Fsp3) is 0.438. The Kier molecular flexibility index (Phi) is 4.40. The van der Waals surface area contributed by atoms with E-state index in [1.54, 1.807) is 18.1 Å². The van der Waals surface area contributed by atoms with Crippen LogP contribution in [0.15, 0.2) is 29.2 Å². The predicted molar refractivity (Wildman–Crippen MR) is 91.4 cm³/mol. The molecule has 0 unspecified atom stereocenters. The fourth-order valence-electron chi connectivity index (χ4n) is 2.78. The van der Waals surface area contributed by atoms with Crippen LogP contribution in [0.25, 0.3) is 10.9 Å². The molecule has 0 aliphatic carbocycles. The van der Waals surface area contributed by atoms with E-state index < -0.39 is 0 Å². The van der Waals surface area contributed by atoms with Crippen LogP contribution >= 0.6 is 11.9 Å². The molecule has 0 radical (unpaired) electrons. The van der Waals surface area contributed by atoms with Crippen molar-refractivity contribution in [3.8, 4) is 0 Å². The number of nitrogens with zero attached hydrogens (tertiary/aromatic N) is 3. The molecule has 0 amide bonds. The molecule has 0 spiro atoms. The average Bonchev–Trinajstić information content (AvgIpc) is 2.51. The number of pyridine rings is 1. The molecule has 118 valence electrons. The minimum Gasteiger partial charge on any atom is -0.367 e. The van der Waals surface area contributed by atoms with Crippen molar-refractivity contribution in [2.24, 2.45) is 0 Å². The summed E-state index contributed by atoms with van der Waals surface area (Å²) in [5, 5.41) is 0.443. The Morgan fingerprint density at radius 2 is 1.95 bits per heavy atom. The first kappa shape index (κ1) is 15.4. The minimum absolute atomic E-state index is 0.133. The van der Waals surface area contributed by atoms with Crippen molar-refractivity contribution < 1.29 is 4.39 Å². The molecule has 1 aromatic heterocycles. The SMILES string of the molecule is CCSn1ccc(=O)c2cc(F)c(N3CCN(C)CC3)cc21. The summed E-state index contributed by atoms with van der Waals surface area (Å²) >= 11 is 1.60. The van der Waals surface area contributed by atoms with Crippen molar-refractivity contribution in [2.45, 2.75) is 6.92 Å². The van der Waals surface area contributed by atoms with E-state index in [0.29, 0.717) is 11.1 Å². The topological polar surface area (TPSA) is 28.5 Å². The van der Waals surface area contributed by atoms with Gasteiger partial charge in [0.05, 0.1) is 11.2 Å². The van der Waals surface area contributed by atoms with E-state index in [4.69, 9.17) is 0 Å². The number of piperazine rings is 1. The molecule has 2 heterocycles. The van der Waals surface area contributed by atoms with E-state index in [9.17, 15) is 9.18 Å². The van der Waals surface area contributed by atoms with E-state index >= 15 is 0 Å². The van der Waals surface area contributed by atoms with E-state index in [-0.39, 0.29) is 11.2 Å². The molecule has 2 aromatic rings. The molecule has 0 N–H and O–H groups in total. The average molecular weight is 321 g/mol. The third kappa shape index (κ3) is 2.85. The van der Waals surface area contributed by atoms with Crippen molar-refractivity contribution in [1.29, 1.82) is 0 Å². The summed E-state index contributed by atoms with van der Waals surface area (Å²) < 4.78 is 16.4. The van der Waals surface area contributed by atoms with Crippen LogP contribution in [0.1, 0.15) is 6.92 Å². The fourth-order valence-corrected chi connectivity index (χ4v) is 3.49. The Hall–Kier alpha value is -1.53. The van der Waals surface area contributed by atoms with Gasteiger partial charge in [-0.05, 0) is 31.1 Å². The molecular weight excluding hydrogens is 301 g/mol. The van der Waals surface area contributed by atoms with Gasteiger partial charge in [-0.3, -0.25) is 8.77 Å². The molecule has 1 aliphatic rings. The van der Waals surface area contributed by atoms with Crippen LogP contribution in [0.4, 0.5) is 10.1 Å². The molecule has 1 aromatic carbocycles. The van der Waals surface area contributed by atoms with Gasteiger partial charge in [0.1, 0.15) is 5.82 Å². The highest BCUT2D eigenvalue weighted by atomic mass is 32.2. The molecular formula is C16H20FN3OS. The lowest BCUT2D eigenvalue weighted by Crippen LogP contribution is -2.44. The summed E-state index contributed by atoms with van der Waals surface area (Å²) in [6, 6.07) is 4.71. The highest BCUT2D eigenvalue weighted by molar-refractivity contribution is 7.97. The first-order valence-corrected chi connectivity index (χ1v) is 8.46. The van der Waals surface area contributed by atoms with Gasteiger partial charge in [-0.2, -0.15) is 0 Å². The summed E-state index contributed by atoms with van der Waals surface area (Å²) in [6.07, 6.45) is 1.77. The Morgan fingerprint density at radius 1 is 1.23 bits per heavy atom. The number of halogens is 1. The lowest BCUT2D eigenvalue weighted by atomic mass is 10.1. The Labute approximate surface area is 133 Å². The van der Waals surface area contributed by atoms with Gasteiger partial charge in [-0.15, -0.1) is 0 Å². The first-order valence-electron chi connectivity index (χ1n) is 7.52. The van der Waals surface area contributed by atoms with Gasteiger partial charge in [-0.1, -0.05) is 6.92 Å². The van der Waals surface area contributed by atoms with Crippen LogP contribution in [0.2, 0.25) is 0 Å². The molecule has 6 heteroatoms. The van der Waals surface area contributed by atoms with Crippen molar-refractivity contribution >= 4 is 28.5 Å². The van der Waals surface area contributed by atoms with Gasteiger partial charge < -0.3 is 9.80 Å². The molecule has 4 nitrogen and oxygen atoms in total. The standard InChI is InChI=1S/C16H20FN3OS/c1-3-22-20-5-4-16(21)12-10-13(17)15(11-14(12)20)19-8-6-18(2)7-9-19/h4-5,10-11H,3,6-9H2,1-2H3. The highest BCUT2D eigenvalue weighted by Gasteiger charge is 2.19. The smallest absolute Gasteiger partial charge is 0.189 e.